The summed E-state index contributed by atoms with van der Waals surface area (Å²) in [4.78, 5) is 1.95. The molecule has 0 aromatic heterocycles. The van der Waals surface area contributed by atoms with Gasteiger partial charge in [-0.1, -0.05) is 17.8 Å². The van der Waals surface area contributed by atoms with Crippen LogP contribution in [0.15, 0.2) is 29.2 Å². The van der Waals surface area contributed by atoms with Crippen LogP contribution in [0.5, 0.6) is 0 Å². The Kier molecular flexibility index (Phi) is 3.93. The van der Waals surface area contributed by atoms with E-state index < -0.39 is 5.25 Å². The van der Waals surface area contributed by atoms with Gasteiger partial charge in [0.05, 0.1) is 6.54 Å². The third kappa shape index (κ3) is 4.48. The van der Waals surface area contributed by atoms with Gasteiger partial charge >= 0.3 is 5.25 Å². The summed E-state index contributed by atoms with van der Waals surface area (Å²) in [5.74, 6) is 0. The fourth-order valence-corrected chi connectivity index (χ4v) is 2.16. The highest BCUT2D eigenvalue weighted by molar-refractivity contribution is 8.00. The van der Waals surface area contributed by atoms with Crippen molar-refractivity contribution in [1.29, 1.82) is 0 Å². The summed E-state index contributed by atoms with van der Waals surface area (Å²) in [7, 11) is 3.24. The lowest BCUT2D eigenvalue weighted by Crippen LogP contribution is -2.28. The van der Waals surface area contributed by atoms with Gasteiger partial charge in [-0.15, -0.1) is 0 Å². The van der Waals surface area contributed by atoms with E-state index in [1.807, 2.05) is 0 Å². The molecule has 1 aromatic rings. The molecule has 1 aromatic carbocycles. The molecule has 0 aliphatic rings. The smallest absolute Gasteiger partial charge is 0.310 e. The third-order valence-electron chi connectivity index (χ3n) is 1.63. The lowest BCUT2D eigenvalue weighted by atomic mass is 10.3. The number of hydrogen-bond acceptors (Lipinski definition) is 3. The molecule has 0 atom stereocenters. The molecule has 0 spiro atoms. The number of benzene rings is 1. The van der Waals surface area contributed by atoms with E-state index >= 15 is 0 Å². The van der Waals surface area contributed by atoms with Crippen molar-refractivity contribution in [3.63, 3.8) is 0 Å². The van der Waals surface area contributed by atoms with Gasteiger partial charge < -0.3 is 10.6 Å². The number of alkyl halides is 2. The molecule has 2 N–H and O–H groups in total. The second-order valence-electron chi connectivity index (χ2n) is 3.55. The summed E-state index contributed by atoms with van der Waals surface area (Å²) >= 11 is 0.533. The number of nitrogen functional groups attached to an aromatic ring is 1. The lowest BCUT2D eigenvalue weighted by molar-refractivity contribution is 0.0731. The molecule has 15 heavy (non-hydrogen) atoms. The van der Waals surface area contributed by atoms with E-state index in [0.717, 1.165) is 0 Å². The average Bonchev–Trinajstić information content (AvgIpc) is 1.99. The van der Waals surface area contributed by atoms with Gasteiger partial charge in [0, 0.05) is 10.6 Å². The number of halogens is 2. The van der Waals surface area contributed by atoms with Crippen LogP contribution in [0.1, 0.15) is 0 Å². The molecule has 0 fully saturated rings. The largest absolute Gasteiger partial charge is 0.399 e. The number of nitrogens with zero attached hydrogens (tertiary/aromatic N) is 1. The predicted molar refractivity (Wildman–Crippen MR) is 60.2 cm³/mol. The maximum atomic E-state index is 13.4. The highest BCUT2D eigenvalue weighted by atomic mass is 32.2. The van der Waals surface area contributed by atoms with Crippen LogP contribution >= 0.6 is 11.8 Å². The van der Waals surface area contributed by atoms with E-state index in [-0.39, 0.29) is 6.54 Å². The Balaban J connectivity index is 2.68. The number of nitrogens with two attached hydrogens (primary N) is 1. The molecule has 5 heteroatoms. The molecule has 0 unspecified atom stereocenters. The molecule has 84 valence electrons. The second-order valence-corrected chi connectivity index (χ2v) is 4.82. The molecule has 0 heterocycles. The van der Waals surface area contributed by atoms with Crippen LogP contribution in [0.4, 0.5) is 14.5 Å². The van der Waals surface area contributed by atoms with E-state index in [4.69, 9.17) is 5.73 Å². The highest BCUT2D eigenvalue weighted by Crippen LogP contribution is 2.36. The number of thioether (sulfide) groups is 1. The van der Waals surface area contributed by atoms with Crippen molar-refractivity contribution in [3.05, 3.63) is 24.3 Å². The van der Waals surface area contributed by atoms with Crippen molar-refractivity contribution in [3.8, 4) is 0 Å². The number of hydrogen-bond donors (Lipinski definition) is 1. The Hall–Kier alpha value is -0.810. The second kappa shape index (κ2) is 4.81. The predicted octanol–water partition coefficient (Wildman–Crippen LogP) is 2.52. The van der Waals surface area contributed by atoms with Crippen molar-refractivity contribution in [2.24, 2.45) is 0 Å². The topological polar surface area (TPSA) is 29.3 Å². The number of anilines is 1. The summed E-state index contributed by atoms with van der Waals surface area (Å²) < 4.78 is 26.7. The number of rotatable bonds is 4. The maximum absolute atomic E-state index is 13.4. The standard InChI is InChI=1S/C10H14F2N2S/c1-14(2)7-10(11,12)15-9-5-3-4-8(13)6-9/h3-6H,7,13H2,1-2H3. The first-order chi connectivity index (χ1) is 6.89. The normalized spacial score (nSPS) is 12.1. The molecular formula is C10H14F2N2S. The van der Waals surface area contributed by atoms with E-state index in [2.05, 4.69) is 0 Å². The zero-order valence-corrected chi connectivity index (χ0v) is 9.52. The molecule has 2 nitrogen and oxygen atoms in total. The van der Waals surface area contributed by atoms with Crippen molar-refractivity contribution >= 4 is 17.4 Å². The first kappa shape index (κ1) is 12.3. The molecular weight excluding hydrogens is 218 g/mol. The van der Waals surface area contributed by atoms with Gasteiger partial charge in [0.15, 0.2) is 0 Å². The minimum absolute atomic E-state index is 0.285. The Morgan fingerprint density at radius 1 is 1.40 bits per heavy atom. The SMILES string of the molecule is CN(C)CC(F)(F)Sc1cccc(N)c1. The van der Waals surface area contributed by atoms with Gasteiger partial charge in [0.25, 0.3) is 0 Å². The van der Waals surface area contributed by atoms with E-state index in [1.54, 1.807) is 38.4 Å². The van der Waals surface area contributed by atoms with Crippen molar-refractivity contribution < 1.29 is 8.78 Å². The van der Waals surface area contributed by atoms with Crippen LogP contribution in [-0.4, -0.2) is 30.8 Å². The van der Waals surface area contributed by atoms with Crippen LogP contribution in [0.25, 0.3) is 0 Å². The van der Waals surface area contributed by atoms with Crippen molar-refractivity contribution in [1.82, 2.24) is 4.90 Å². The molecule has 0 aliphatic heterocycles. The molecule has 0 radical (unpaired) electrons. The monoisotopic (exact) mass is 232 g/mol. The minimum Gasteiger partial charge on any atom is -0.399 e. The van der Waals surface area contributed by atoms with Gasteiger partial charge in [-0.2, -0.15) is 8.78 Å². The third-order valence-corrected chi connectivity index (χ3v) is 2.54. The summed E-state index contributed by atoms with van der Waals surface area (Å²) in [6.07, 6.45) is 0. The quantitative estimate of drug-likeness (QED) is 0.639. The average molecular weight is 232 g/mol. The minimum atomic E-state index is -2.79. The summed E-state index contributed by atoms with van der Waals surface area (Å²) in [5.41, 5.74) is 6.01. The van der Waals surface area contributed by atoms with E-state index in [1.165, 1.54) is 4.90 Å². The van der Waals surface area contributed by atoms with Gasteiger partial charge in [-0.25, -0.2) is 0 Å². The Morgan fingerprint density at radius 2 is 2.07 bits per heavy atom. The summed E-state index contributed by atoms with van der Waals surface area (Å²) in [5, 5.41) is -2.79. The van der Waals surface area contributed by atoms with E-state index in [0.29, 0.717) is 22.3 Å². The zero-order chi connectivity index (χ0) is 11.5. The molecule has 1 rings (SSSR count). The van der Waals surface area contributed by atoms with Crippen LogP contribution in [0.2, 0.25) is 0 Å². The fourth-order valence-electron chi connectivity index (χ4n) is 1.15. The lowest BCUT2D eigenvalue weighted by Gasteiger charge is -2.19. The first-order valence-electron chi connectivity index (χ1n) is 4.46. The van der Waals surface area contributed by atoms with Gasteiger partial charge in [-0.05, 0) is 32.3 Å². The Morgan fingerprint density at radius 3 is 2.60 bits per heavy atom. The van der Waals surface area contributed by atoms with E-state index in [9.17, 15) is 8.78 Å². The summed E-state index contributed by atoms with van der Waals surface area (Å²) in [6.45, 7) is -0.285. The van der Waals surface area contributed by atoms with Crippen molar-refractivity contribution in [2.45, 2.75) is 10.2 Å². The first-order valence-corrected chi connectivity index (χ1v) is 5.28. The Bertz CT molecular complexity index is 329. The molecule has 0 amide bonds. The van der Waals surface area contributed by atoms with Gasteiger partial charge in [-0.3, -0.25) is 0 Å². The maximum Gasteiger partial charge on any atom is 0.310 e. The molecule has 0 bridgehead atoms. The molecule has 0 aliphatic carbocycles. The summed E-state index contributed by atoms with van der Waals surface area (Å²) in [6, 6.07) is 6.52. The van der Waals surface area contributed by atoms with Crippen LogP contribution < -0.4 is 5.73 Å². The molecule has 0 saturated heterocycles. The van der Waals surface area contributed by atoms with Crippen molar-refractivity contribution in [2.75, 3.05) is 26.4 Å². The zero-order valence-electron chi connectivity index (χ0n) is 8.71. The highest BCUT2D eigenvalue weighted by Gasteiger charge is 2.31. The van der Waals surface area contributed by atoms with Gasteiger partial charge in [0.2, 0.25) is 0 Å². The van der Waals surface area contributed by atoms with Gasteiger partial charge in [0.1, 0.15) is 0 Å². The van der Waals surface area contributed by atoms with Crippen LogP contribution in [0.3, 0.4) is 0 Å². The van der Waals surface area contributed by atoms with Crippen LogP contribution in [-0.2, 0) is 0 Å². The Labute approximate surface area is 92.4 Å². The molecule has 0 saturated carbocycles. The van der Waals surface area contributed by atoms with Crippen LogP contribution in [0, 0.1) is 0 Å². The fraction of sp³-hybridized carbons (Fsp3) is 0.400.